The van der Waals surface area contributed by atoms with E-state index in [2.05, 4.69) is 30.7 Å². The number of imidazole rings is 1. The third-order valence-corrected chi connectivity index (χ3v) is 3.62. The summed E-state index contributed by atoms with van der Waals surface area (Å²) in [7, 11) is 0. The summed E-state index contributed by atoms with van der Waals surface area (Å²) < 4.78 is 2.53. The van der Waals surface area contributed by atoms with E-state index < -0.39 is 0 Å². The maximum atomic E-state index is 4.84. The van der Waals surface area contributed by atoms with Crippen molar-refractivity contribution in [3.63, 3.8) is 0 Å². The number of hydrogen-bond acceptors (Lipinski definition) is 2. The molecule has 0 amide bonds. The van der Waals surface area contributed by atoms with Gasteiger partial charge in [0.2, 0.25) is 0 Å². The first-order valence-corrected chi connectivity index (χ1v) is 7.07. The first kappa shape index (κ1) is 12.6. The lowest BCUT2D eigenvalue weighted by atomic mass is 10.1. The second kappa shape index (κ2) is 5.67. The second-order valence-electron chi connectivity index (χ2n) is 5.11. The Bertz CT molecular complexity index is 368. The Morgan fingerprint density at radius 2 is 2.18 bits per heavy atom. The van der Waals surface area contributed by atoms with Gasteiger partial charge in [-0.15, -0.1) is 0 Å². The van der Waals surface area contributed by atoms with Gasteiger partial charge in [0.25, 0.3) is 0 Å². The maximum Gasteiger partial charge on any atom is 0.109 e. The van der Waals surface area contributed by atoms with E-state index in [0.717, 1.165) is 25.9 Å². The average Bonchev–Trinajstić information content (AvgIpc) is 2.67. The zero-order chi connectivity index (χ0) is 12.3. The van der Waals surface area contributed by atoms with E-state index >= 15 is 0 Å². The monoisotopic (exact) mass is 235 g/mol. The standard InChI is InChI=1S/C14H25N3/c1-4-6-11(3)17-13-8-9-15-10-12(13)16-14(17)7-5-2/h11,15H,4-10H2,1-3H3. The smallest absolute Gasteiger partial charge is 0.109 e. The van der Waals surface area contributed by atoms with Gasteiger partial charge in [-0.1, -0.05) is 20.3 Å². The van der Waals surface area contributed by atoms with E-state index in [0.29, 0.717) is 6.04 Å². The largest absolute Gasteiger partial charge is 0.329 e. The van der Waals surface area contributed by atoms with Crippen LogP contribution in [0, 0.1) is 0 Å². The molecule has 0 bridgehead atoms. The van der Waals surface area contributed by atoms with E-state index in [-0.39, 0.29) is 0 Å². The number of nitrogens with one attached hydrogen (secondary N) is 1. The molecule has 17 heavy (non-hydrogen) atoms. The second-order valence-corrected chi connectivity index (χ2v) is 5.11. The highest BCUT2D eigenvalue weighted by Gasteiger charge is 2.21. The fraction of sp³-hybridized carbons (Fsp3) is 0.786. The van der Waals surface area contributed by atoms with Crippen molar-refractivity contribution in [2.75, 3.05) is 6.54 Å². The highest BCUT2D eigenvalue weighted by atomic mass is 15.1. The normalized spacial score (nSPS) is 16.9. The van der Waals surface area contributed by atoms with Gasteiger partial charge in [0.1, 0.15) is 5.82 Å². The summed E-state index contributed by atoms with van der Waals surface area (Å²) in [4.78, 5) is 4.84. The minimum absolute atomic E-state index is 0.607. The fourth-order valence-corrected chi connectivity index (χ4v) is 2.86. The molecular weight excluding hydrogens is 210 g/mol. The van der Waals surface area contributed by atoms with Gasteiger partial charge in [0, 0.05) is 37.7 Å². The molecule has 1 aromatic rings. The molecule has 0 spiro atoms. The van der Waals surface area contributed by atoms with Crippen LogP contribution in [0.15, 0.2) is 0 Å². The van der Waals surface area contributed by atoms with Gasteiger partial charge in [-0.25, -0.2) is 4.98 Å². The molecule has 0 radical (unpaired) electrons. The lowest BCUT2D eigenvalue weighted by Gasteiger charge is -2.21. The number of rotatable bonds is 5. The van der Waals surface area contributed by atoms with Gasteiger partial charge in [0.15, 0.2) is 0 Å². The van der Waals surface area contributed by atoms with Gasteiger partial charge < -0.3 is 9.88 Å². The average molecular weight is 235 g/mol. The van der Waals surface area contributed by atoms with E-state index in [1.807, 2.05) is 0 Å². The highest BCUT2D eigenvalue weighted by Crippen LogP contribution is 2.24. The summed E-state index contributed by atoms with van der Waals surface area (Å²) in [5.74, 6) is 1.31. The van der Waals surface area contributed by atoms with E-state index in [4.69, 9.17) is 4.98 Å². The van der Waals surface area contributed by atoms with Crippen molar-refractivity contribution in [2.24, 2.45) is 0 Å². The first-order chi connectivity index (χ1) is 8.27. The number of aryl methyl sites for hydroxylation is 1. The molecule has 2 heterocycles. The molecule has 0 saturated heterocycles. The molecule has 1 N–H and O–H groups in total. The molecule has 1 atom stereocenters. The van der Waals surface area contributed by atoms with Gasteiger partial charge in [-0.05, 0) is 19.8 Å². The third kappa shape index (κ3) is 2.54. The fourth-order valence-electron chi connectivity index (χ4n) is 2.86. The molecule has 0 fully saturated rings. The lowest BCUT2D eigenvalue weighted by molar-refractivity contribution is 0.459. The number of aromatic nitrogens is 2. The minimum atomic E-state index is 0.607. The highest BCUT2D eigenvalue weighted by molar-refractivity contribution is 5.21. The molecule has 1 aliphatic rings. The number of fused-ring (bicyclic) bond motifs is 1. The molecule has 96 valence electrons. The number of nitrogens with zero attached hydrogens (tertiary/aromatic N) is 2. The third-order valence-electron chi connectivity index (χ3n) is 3.62. The molecule has 1 aromatic heterocycles. The van der Waals surface area contributed by atoms with Gasteiger partial charge in [-0.2, -0.15) is 0 Å². The van der Waals surface area contributed by atoms with Crippen LogP contribution in [0.5, 0.6) is 0 Å². The zero-order valence-corrected chi connectivity index (χ0v) is 11.4. The van der Waals surface area contributed by atoms with Crippen molar-refractivity contribution in [3.8, 4) is 0 Å². The Morgan fingerprint density at radius 1 is 1.35 bits per heavy atom. The Hall–Kier alpha value is -0.830. The van der Waals surface area contributed by atoms with E-state index in [1.54, 1.807) is 0 Å². The Morgan fingerprint density at radius 3 is 2.88 bits per heavy atom. The molecule has 3 nitrogen and oxygen atoms in total. The summed E-state index contributed by atoms with van der Waals surface area (Å²) in [6.07, 6.45) is 5.94. The predicted octanol–water partition coefficient (Wildman–Crippen LogP) is 2.84. The molecule has 2 rings (SSSR count). The topological polar surface area (TPSA) is 29.9 Å². The predicted molar refractivity (Wildman–Crippen MR) is 71.3 cm³/mol. The summed E-state index contributed by atoms with van der Waals surface area (Å²) in [6, 6.07) is 0.607. The van der Waals surface area contributed by atoms with Crippen LogP contribution in [0.2, 0.25) is 0 Å². The molecule has 0 aliphatic carbocycles. The molecular formula is C14H25N3. The van der Waals surface area contributed by atoms with E-state index in [9.17, 15) is 0 Å². The molecule has 3 heteroatoms. The Balaban J connectivity index is 2.34. The van der Waals surface area contributed by atoms with Gasteiger partial charge in [-0.3, -0.25) is 0 Å². The summed E-state index contributed by atoms with van der Waals surface area (Å²) in [5.41, 5.74) is 2.79. The SMILES string of the molecule is CCCc1nc2c(n1C(C)CCC)CCNC2. The van der Waals surface area contributed by atoms with Crippen molar-refractivity contribution in [2.45, 2.75) is 65.5 Å². The Labute approximate surface area is 105 Å². The molecule has 1 unspecified atom stereocenters. The van der Waals surface area contributed by atoms with Crippen molar-refractivity contribution < 1.29 is 0 Å². The van der Waals surface area contributed by atoms with Crippen LogP contribution >= 0.6 is 0 Å². The van der Waals surface area contributed by atoms with Crippen molar-refractivity contribution in [1.29, 1.82) is 0 Å². The van der Waals surface area contributed by atoms with Gasteiger partial charge in [0.05, 0.1) is 5.69 Å². The van der Waals surface area contributed by atoms with Crippen LogP contribution in [0.3, 0.4) is 0 Å². The summed E-state index contributed by atoms with van der Waals surface area (Å²) in [5, 5.41) is 3.42. The van der Waals surface area contributed by atoms with Crippen molar-refractivity contribution in [1.82, 2.24) is 14.9 Å². The van der Waals surface area contributed by atoms with Crippen LogP contribution in [0.25, 0.3) is 0 Å². The van der Waals surface area contributed by atoms with E-state index in [1.165, 1.54) is 36.5 Å². The summed E-state index contributed by atoms with van der Waals surface area (Å²) >= 11 is 0. The maximum absolute atomic E-state index is 4.84. The zero-order valence-electron chi connectivity index (χ0n) is 11.4. The molecule has 0 aromatic carbocycles. The van der Waals surface area contributed by atoms with Crippen LogP contribution in [0.4, 0.5) is 0 Å². The van der Waals surface area contributed by atoms with Crippen molar-refractivity contribution in [3.05, 3.63) is 17.2 Å². The number of hydrogen-bond donors (Lipinski definition) is 1. The van der Waals surface area contributed by atoms with Crippen LogP contribution in [-0.2, 0) is 19.4 Å². The van der Waals surface area contributed by atoms with Crippen LogP contribution in [-0.4, -0.2) is 16.1 Å². The van der Waals surface area contributed by atoms with Crippen LogP contribution < -0.4 is 5.32 Å². The van der Waals surface area contributed by atoms with Crippen molar-refractivity contribution >= 4 is 0 Å². The minimum Gasteiger partial charge on any atom is -0.329 e. The van der Waals surface area contributed by atoms with Gasteiger partial charge >= 0.3 is 0 Å². The summed E-state index contributed by atoms with van der Waals surface area (Å²) in [6.45, 7) is 8.90. The van der Waals surface area contributed by atoms with Crippen LogP contribution in [0.1, 0.15) is 63.3 Å². The molecule has 1 aliphatic heterocycles. The molecule has 0 saturated carbocycles. The quantitative estimate of drug-likeness (QED) is 0.850. The Kier molecular flexibility index (Phi) is 4.21. The lowest BCUT2D eigenvalue weighted by Crippen LogP contribution is -2.25. The first-order valence-electron chi connectivity index (χ1n) is 7.07.